The van der Waals surface area contributed by atoms with Crippen molar-refractivity contribution in [1.29, 1.82) is 0 Å². The topological polar surface area (TPSA) is 78.6 Å². The highest BCUT2D eigenvalue weighted by molar-refractivity contribution is 5.74. The Morgan fingerprint density at radius 1 is 1.10 bits per heavy atom. The van der Waals surface area contributed by atoms with E-state index in [2.05, 4.69) is 0 Å². The Bertz CT molecular complexity index is 465. The lowest BCUT2D eigenvalue weighted by molar-refractivity contribution is -0.155. The number of ether oxygens (including phenoxy) is 2. The van der Waals surface area contributed by atoms with Crippen LogP contribution in [0.4, 0.5) is 0 Å². The molecule has 0 aliphatic heterocycles. The van der Waals surface area contributed by atoms with Gasteiger partial charge in [0.1, 0.15) is 12.2 Å². The van der Waals surface area contributed by atoms with E-state index < -0.39 is 23.6 Å². The Balaban J connectivity index is 2.29. The van der Waals surface area contributed by atoms with Crippen LogP contribution >= 0.6 is 0 Å². The van der Waals surface area contributed by atoms with E-state index in [1.165, 1.54) is 0 Å². The zero-order valence-corrected chi connectivity index (χ0v) is 12.8. The van der Waals surface area contributed by atoms with Crippen molar-refractivity contribution in [3.8, 4) is 0 Å². The Morgan fingerprint density at radius 2 is 1.67 bits per heavy atom. The molecule has 1 atom stereocenters. The SMILES string of the molecule is CC(C)(C)OC(=O)CC(N)CC(=O)OCc1ccccc1. The average molecular weight is 293 g/mol. The Hall–Kier alpha value is -1.88. The van der Waals surface area contributed by atoms with Crippen molar-refractivity contribution in [2.75, 3.05) is 0 Å². The molecule has 116 valence electrons. The molecule has 0 aromatic heterocycles. The molecule has 0 heterocycles. The first kappa shape index (κ1) is 17.2. The summed E-state index contributed by atoms with van der Waals surface area (Å²) < 4.78 is 10.3. The van der Waals surface area contributed by atoms with Gasteiger partial charge in [0.05, 0.1) is 12.8 Å². The molecule has 0 spiro atoms. The highest BCUT2D eigenvalue weighted by Gasteiger charge is 2.20. The second kappa shape index (κ2) is 7.78. The highest BCUT2D eigenvalue weighted by atomic mass is 16.6. The van der Waals surface area contributed by atoms with E-state index in [0.717, 1.165) is 5.56 Å². The zero-order valence-electron chi connectivity index (χ0n) is 12.8. The van der Waals surface area contributed by atoms with E-state index in [-0.39, 0.29) is 19.4 Å². The maximum absolute atomic E-state index is 11.6. The molecular formula is C16H23NO4. The summed E-state index contributed by atoms with van der Waals surface area (Å²) in [4.78, 5) is 23.2. The lowest BCUT2D eigenvalue weighted by Crippen LogP contribution is -2.32. The van der Waals surface area contributed by atoms with Crippen LogP contribution in [0.25, 0.3) is 0 Å². The Morgan fingerprint density at radius 3 is 2.24 bits per heavy atom. The van der Waals surface area contributed by atoms with Crippen LogP contribution in [0.1, 0.15) is 39.2 Å². The molecule has 5 nitrogen and oxygen atoms in total. The van der Waals surface area contributed by atoms with E-state index >= 15 is 0 Å². The smallest absolute Gasteiger partial charge is 0.307 e. The van der Waals surface area contributed by atoms with Gasteiger partial charge >= 0.3 is 11.9 Å². The van der Waals surface area contributed by atoms with Gasteiger partial charge in [-0.25, -0.2) is 0 Å². The summed E-state index contributed by atoms with van der Waals surface area (Å²) >= 11 is 0. The second-order valence-corrected chi connectivity index (χ2v) is 5.90. The van der Waals surface area contributed by atoms with Crippen LogP contribution < -0.4 is 5.73 Å². The van der Waals surface area contributed by atoms with Crippen molar-refractivity contribution >= 4 is 11.9 Å². The minimum atomic E-state index is -0.594. The highest BCUT2D eigenvalue weighted by Crippen LogP contribution is 2.10. The first-order valence-corrected chi connectivity index (χ1v) is 6.93. The molecule has 2 N–H and O–H groups in total. The maximum atomic E-state index is 11.6. The van der Waals surface area contributed by atoms with Crippen LogP contribution in [0, 0.1) is 0 Å². The van der Waals surface area contributed by atoms with Gasteiger partial charge in [0.15, 0.2) is 0 Å². The van der Waals surface area contributed by atoms with Crippen molar-refractivity contribution in [1.82, 2.24) is 0 Å². The van der Waals surface area contributed by atoms with E-state index in [4.69, 9.17) is 15.2 Å². The summed E-state index contributed by atoms with van der Waals surface area (Å²) in [6.07, 6.45) is -0.0101. The van der Waals surface area contributed by atoms with Crippen molar-refractivity contribution < 1.29 is 19.1 Å². The minimum Gasteiger partial charge on any atom is -0.461 e. The lowest BCUT2D eigenvalue weighted by Gasteiger charge is -2.20. The number of nitrogens with two attached hydrogens (primary N) is 1. The summed E-state index contributed by atoms with van der Waals surface area (Å²) in [6.45, 7) is 5.55. The predicted octanol–water partition coefficient (Wildman–Crippen LogP) is 2.18. The normalized spacial score (nSPS) is 12.6. The molecule has 1 rings (SSSR count). The second-order valence-electron chi connectivity index (χ2n) is 5.90. The number of carbonyl (C=O) groups is 2. The molecule has 1 aromatic carbocycles. The molecule has 0 fully saturated rings. The molecule has 0 radical (unpaired) electrons. The Kier molecular flexibility index (Phi) is 6.37. The molecule has 0 aliphatic rings. The van der Waals surface area contributed by atoms with Crippen molar-refractivity contribution in [3.63, 3.8) is 0 Å². The third-order valence-electron chi connectivity index (χ3n) is 2.52. The summed E-state index contributed by atoms with van der Waals surface area (Å²) in [7, 11) is 0. The molecule has 1 unspecified atom stereocenters. The van der Waals surface area contributed by atoms with Gasteiger partial charge < -0.3 is 15.2 Å². The molecular weight excluding hydrogens is 270 g/mol. The molecule has 0 amide bonds. The molecule has 0 bridgehead atoms. The van der Waals surface area contributed by atoms with Crippen LogP contribution in [0.5, 0.6) is 0 Å². The fraction of sp³-hybridized carbons (Fsp3) is 0.500. The minimum absolute atomic E-state index is 0.00227. The van der Waals surface area contributed by atoms with Gasteiger partial charge in [0.25, 0.3) is 0 Å². The molecule has 1 aromatic rings. The van der Waals surface area contributed by atoms with Crippen molar-refractivity contribution in [2.45, 2.75) is 51.9 Å². The third kappa shape index (κ3) is 8.09. The van der Waals surface area contributed by atoms with Gasteiger partial charge in [-0.1, -0.05) is 30.3 Å². The van der Waals surface area contributed by atoms with Gasteiger partial charge in [0.2, 0.25) is 0 Å². The summed E-state index contributed by atoms with van der Waals surface area (Å²) in [5, 5.41) is 0. The number of esters is 2. The quantitative estimate of drug-likeness (QED) is 0.813. The monoisotopic (exact) mass is 293 g/mol. The number of benzene rings is 1. The summed E-state index contributed by atoms with van der Waals surface area (Å²) in [6, 6.07) is 8.78. The summed E-state index contributed by atoms with van der Waals surface area (Å²) in [5.41, 5.74) is 6.12. The van der Waals surface area contributed by atoms with E-state index in [0.29, 0.717) is 0 Å². The third-order valence-corrected chi connectivity index (χ3v) is 2.52. The van der Waals surface area contributed by atoms with Crippen LogP contribution in [-0.2, 0) is 25.7 Å². The first-order chi connectivity index (χ1) is 9.76. The molecule has 0 saturated heterocycles. The molecule has 21 heavy (non-hydrogen) atoms. The summed E-state index contributed by atoms with van der Waals surface area (Å²) in [5.74, 6) is -0.833. The van der Waals surface area contributed by atoms with E-state index in [1.54, 1.807) is 20.8 Å². The Labute approximate surface area is 125 Å². The van der Waals surface area contributed by atoms with E-state index in [9.17, 15) is 9.59 Å². The predicted molar refractivity (Wildman–Crippen MR) is 79.3 cm³/mol. The van der Waals surface area contributed by atoms with Gasteiger partial charge in [-0.05, 0) is 26.3 Å². The van der Waals surface area contributed by atoms with Crippen LogP contribution in [0.3, 0.4) is 0 Å². The van der Waals surface area contributed by atoms with Crippen LogP contribution in [-0.4, -0.2) is 23.6 Å². The van der Waals surface area contributed by atoms with Crippen LogP contribution in [0.2, 0.25) is 0 Å². The van der Waals surface area contributed by atoms with Gasteiger partial charge in [0, 0.05) is 6.04 Å². The van der Waals surface area contributed by atoms with E-state index in [1.807, 2.05) is 30.3 Å². The first-order valence-electron chi connectivity index (χ1n) is 6.93. The fourth-order valence-corrected chi connectivity index (χ4v) is 1.68. The maximum Gasteiger partial charge on any atom is 0.307 e. The molecule has 0 saturated carbocycles. The van der Waals surface area contributed by atoms with Gasteiger partial charge in [-0.3, -0.25) is 9.59 Å². The standard InChI is InChI=1S/C16H23NO4/c1-16(2,3)21-15(19)10-13(17)9-14(18)20-11-12-7-5-4-6-8-12/h4-8,13H,9-11,17H2,1-3H3. The van der Waals surface area contributed by atoms with Crippen molar-refractivity contribution in [3.05, 3.63) is 35.9 Å². The van der Waals surface area contributed by atoms with Crippen LogP contribution in [0.15, 0.2) is 30.3 Å². The molecule has 0 aliphatic carbocycles. The zero-order chi connectivity index (χ0) is 15.9. The number of carbonyl (C=O) groups excluding carboxylic acids is 2. The average Bonchev–Trinajstić information content (AvgIpc) is 2.35. The largest absolute Gasteiger partial charge is 0.461 e. The lowest BCUT2D eigenvalue weighted by atomic mass is 10.1. The number of hydrogen-bond acceptors (Lipinski definition) is 5. The van der Waals surface area contributed by atoms with Crippen molar-refractivity contribution in [2.24, 2.45) is 5.73 Å². The molecule has 5 heteroatoms. The van der Waals surface area contributed by atoms with Gasteiger partial charge in [-0.15, -0.1) is 0 Å². The van der Waals surface area contributed by atoms with Gasteiger partial charge in [-0.2, -0.15) is 0 Å². The number of rotatable bonds is 6. The number of hydrogen-bond donors (Lipinski definition) is 1. The fourth-order valence-electron chi connectivity index (χ4n) is 1.68.